The minimum absolute atomic E-state index is 0.0260. The summed E-state index contributed by atoms with van der Waals surface area (Å²) in [7, 11) is 0. The zero-order chi connectivity index (χ0) is 18.6. The van der Waals surface area contributed by atoms with E-state index in [-0.39, 0.29) is 23.3 Å². The molecular formula is C20H20N2O3. The number of aromatic nitrogens is 1. The van der Waals surface area contributed by atoms with Crippen LogP contribution in [0, 0.1) is 32.1 Å². The quantitative estimate of drug-likeness (QED) is 0.388. The number of nitrogens with zero attached hydrogens (tertiary/aromatic N) is 1. The van der Waals surface area contributed by atoms with Crippen LogP contribution in [0.1, 0.15) is 50.2 Å². The van der Waals surface area contributed by atoms with Crippen molar-refractivity contribution in [2.24, 2.45) is 0 Å². The zero-order valence-corrected chi connectivity index (χ0v) is 14.8. The molecule has 0 atom stereocenters. The van der Waals surface area contributed by atoms with Crippen molar-refractivity contribution in [2.45, 2.75) is 27.7 Å². The van der Waals surface area contributed by atoms with Gasteiger partial charge >= 0.3 is 5.97 Å². The highest BCUT2D eigenvalue weighted by atomic mass is 16.5. The monoisotopic (exact) mass is 336 g/mol. The van der Waals surface area contributed by atoms with E-state index in [1.165, 1.54) is 0 Å². The van der Waals surface area contributed by atoms with Gasteiger partial charge in [-0.25, -0.2) is 4.79 Å². The van der Waals surface area contributed by atoms with Crippen LogP contribution in [0.25, 0.3) is 6.08 Å². The van der Waals surface area contributed by atoms with E-state index in [9.17, 15) is 14.9 Å². The fourth-order valence-electron chi connectivity index (χ4n) is 2.71. The molecule has 2 rings (SSSR count). The Morgan fingerprint density at radius 2 is 1.80 bits per heavy atom. The average molecular weight is 336 g/mol. The topological polar surface area (TPSA) is 83.0 Å². The van der Waals surface area contributed by atoms with Crippen LogP contribution < -0.4 is 0 Å². The molecular weight excluding hydrogens is 316 g/mol. The first-order valence-electron chi connectivity index (χ1n) is 7.99. The molecule has 1 heterocycles. The number of nitrogens with one attached hydrogen (secondary N) is 1. The van der Waals surface area contributed by atoms with Crippen LogP contribution in [0.15, 0.2) is 29.8 Å². The van der Waals surface area contributed by atoms with Crippen molar-refractivity contribution in [2.75, 3.05) is 6.61 Å². The molecule has 1 aromatic heterocycles. The van der Waals surface area contributed by atoms with Crippen molar-refractivity contribution in [3.05, 3.63) is 63.5 Å². The van der Waals surface area contributed by atoms with Crippen LogP contribution in [0.3, 0.4) is 0 Å². The van der Waals surface area contributed by atoms with E-state index < -0.39 is 11.8 Å². The molecule has 5 heteroatoms. The highest BCUT2D eigenvalue weighted by molar-refractivity contribution is 6.19. The third-order valence-corrected chi connectivity index (χ3v) is 3.93. The molecule has 0 bridgehead atoms. The van der Waals surface area contributed by atoms with Gasteiger partial charge in [0.2, 0.25) is 5.78 Å². The van der Waals surface area contributed by atoms with Crippen molar-refractivity contribution in [1.82, 2.24) is 4.98 Å². The summed E-state index contributed by atoms with van der Waals surface area (Å²) in [6, 6.07) is 9.42. The second-order valence-electron chi connectivity index (χ2n) is 5.70. The highest BCUT2D eigenvalue weighted by Gasteiger charge is 2.27. The van der Waals surface area contributed by atoms with Crippen molar-refractivity contribution >= 4 is 17.8 Å². The van der Waals surface area contributed by atoms with Crippen LogP contribution in [-0.2, 0) is 4.74 Å². The maximum atomic E-state index is 12.9. The van der Waals surface area contributed by atoms with Crippen LogP contribution in [0.4, 0.5) is 0 Å². The number of aromatic amines is 1. The molecule has 0 radical (unpaired) electrons. The minimum atomic E-state index is -0.569. The molecule has 1 aromatic carbocycles. The number of allylic oxidation sites excluding steroid dienone is 1. The molecule has 0 aliphatic rings. The zero-order valence-electron chi connectivity index (χ0n) is 14.8. The maximum Gasteiger partial charge on any atom is 0.340 e. The highest BCUT2D eigenvalue weighted by Crippen LogP contribution is 2.24. The van der Waals surface area contributed by atoms with Gasteiger partial charge in [0.15, 0.2) is 0 Å². The summed E-state index contributed by atoms with van der Waals surface area (Å²) < 4.78 is 5.05. The minimum Gasteiger partial charge on any atom is -0.462 e. The Balaban J connectivity index is 2.55. The summed E-state index contributed by atoms with van der Waals surface area (Å²) in [5.41, 5.74) is 3.18. The third kappa shape index (κ3) is 3.69. The number of nitriles is 1. The van der Waals surface area contributed by atoms with E-state index in [0.717, 1.165) is 11.1 Å². The van der Waals surface area contributed by atoms with E-state index in [1.54, 1.807) is 26.8 Å². The Labute approximate surface area is 146 Å². The molecule has 25 heavy (non-hydrogen) atoms. The SMILES string of the molecule is CCOC(=O)c1c(C)[nH]c(C)c1C(=O)/C(C#N)=C/c1ccccc1C. The lowest BCUT2D eigenvalue weighted by molar-refractivity contribution is 0.0523. The van der Waals surface area contributed by atoms with Gasteiger partial charge in [-0.15, -0.1) is 0 Å². The average Bonchev–Trinajstić information content (AvgIpc) is 2.88. The second kappa shape index (κ2) is 7.63. The molecule has 5 nitrogen and oxygen atoms in total. The van der Waals surface area contributed by atoms with Gasteiger partial charge in [-0.05, 0) is 44.9 Å². The number of aryl methyl sites for hydroxylation is 3. The smallest absolute Gasteiger partial charge is 0.340 e. The van der Waals surface area contributed by atoms with Crippen molar-refractivity contribution < 1.29 is 14.3 Å². The normalized spacial score (nSPS) is 11.1. The van der Waals surface area contributed by atoms with Gasteiger partial charge in [-0.1, -0.05) is 24.3 Å². The summed E-state index contributed by atoms with van der Waals surface area (Å²) in [6.45, 7) is 7.22. The van der Waals surface area contributed by atoms with Gasteiger partial charge in [0, 0.05) is 11.4 Å². The van der Waals surface area contributed by atoms with Crippen LogP contribution in [0.5, 0.6) is 0 Å². The molecule has 0 aliphatic heterocycles. The molecule has 128 valence electrons. The van der Waals surface area contributed by atoms with E-state index in [2.05, 4.69) is 4.98 Å². The molecule has 0 saturated carbocycles. The molecule has 0 saturated heterocycles. The maximum absolute atomic E-state index is 12.9. The van der Waals surface area contributed by atoms with E-state index in [1.807, 2.05) is 37.3 Å². The van der Waals surface area contributed by atoms with Gasteiger partial charge in [-0.3, -0.25) is 4.79 Å². The van der Waals surface area contributed by atoms with Gasteiger partial charge in [0.05, 0.1) is 17.7 Å². The summed E-state index contributed by atoms with van der Waals surface area (Å²) in [5, 5.41) is 9.48. The van der Waals surface area contributed by atoms with Gasteiger partial charge in [0.1, 0.15) is 11.6 Å². The Bertz CT molecular complexity index is 898. The fraction of sp³-hybridized carbons (Fsp3) is 0.250. The second-order valence-corrected chi connectivity index (χ2v) is 5.70. The van der Waals surface area contributed by atoms with Crippen molar-refractivity contribution in [1.29, 1.82) is 5.26 Å². The fourth-order valence-corrected chi connectivity index (χ4v) is 2.71. The van der Waals surface area contributed by atoms with E-state index in [4.69, 9.17) is 4.74 Å². The lowest BCUT2D eigenvalue weighted by Gasteiger charge is -2.06. The summed E-state index contributed by atoms with van der Waals surface area (Å²) >= 11 is 0. The number of H-pyrrole nitrogens is 1. The van der Waals surface area contributed by atoms with E-state index in [0.29, 0.717) is 11.4 Å². The van der Waals surface area contributed by atoms with Crippen LogP contribution in [0.2, 0.25) is 0 Å². The number of Topliss-reactive ketones (excluding diaryl/α,β-unsaturated/α-hetero) is 1. The first-order valence-corrected chi connectivity index (χ1v) is 7.99. The van der Waals surface area contributed by atoms with Crippen molar-refractivity contribution in [3.63, 3.8) is 0 Å². The number of ether oxygens (including phenoxy) is 1. The molecule has 0 spiro atoms. The van der Waals surface area contributed by atoms with Gasteiger partial charge < -0.3 is 9.72 Å². The van der Waals surface area contributed by atoms with Crippen LogP contribution >= 0.6 is 0 Å². The lowest BCUT2D eigenvalue weighted by Crippen LogP contribution is -2.13. The number of rotatable bonds is 5. The molecule has 0 fully saturated rings. The van der Waals surface area contributed by atoms with Crippen LogP contribution in [-0.4, -0.2) is 23.3 Å². The summed E-state index contributed by atoms with van der Waals surface area (Å²) in [6.07, 6.45) is 1.55. The molecule has 0 aliphatic carbocycles. The first kappa shape index (κ1) is 18.2. The lowest BCUT2D eigenvalue weighted by atomic mass is 9.97. The number of ketones is 1. The third-order valence-electron chi connectivity index (χ3n) is 3.93. The molecule has 1 N–H and O–H groups in total. The van der Waals surface area contributed by atoms with E-state index >= 15 is 0 Å². The predicted octanol–water partition coefficient (Wildman–Crippen LogP) is 3.91. The molecule has 0 amide bonds. The summed E-state index contributed by atoms with van der Waals surface area (Å²) in [5.74, 6) is -1.06. The van der Waals surface area contributed by atoms with Gasteiger partial charge in [-0.2, -0.15) is 5.26 Å². The number of carbonyl (C=O) groups is 2. The molecule has 0 unspecified atom stereocenters. The number of carbonyl (C=O) groups excluding carboxylic acids is 2. The number of benzene rings is 1. The standard InChI is InChI=1S/C20H20N2O3/c1-5-25-20(24)18-14(4)22-13(3)17(18)19(23)16(11-21)10-15-9-7-6-8-12(15)2/h6-10,22H,5H2,1-4H3/b16-10+. The summed E-state index contributed by atoms with van der Waals surface area (Å²) in [4.78, 5) is 28.2. The number of hydrogen-bond acceptors (Lipinski definition) is 4. The Morgan fingerprint density at radius 3 is 2.40 bits per heavy atom. The largest absolute Gasteiger partial charge is 0.462 e. The molecule has 2 aromatic rings. The number of esters is 1. The van der Waals surface area contributed by atoms with Crippen molar-refractivity contribution in [3.8, 4) is 6.07 Å². The predicted molar refractivity (Wildman–Crippen MR) is 95.3 cm³/mol. The first-order chi connectivity index (χ1) is 11.9. The Morgan fingerprint density at radius 1 is 1.16 bits per heavy atom. The Hall–Kier alpha value is -3.13. The Kier molecular flexibility index (Phi) is 5.56. The number of hydrogen-bond donors (Lipinski definition) is 1. The van der Waals surface area contributed by atoms with Gasteiger partial charge in [0.25, 0.3) is 0 Å².